The standard InChI is InChI=1S/C13H25N.C2H6.C2H4/c1-5-7-9-14-11-13(4)10-12(3)8-6-2;2*1-2/h6,8,13-14H,3,5,7,9-11H2,1-2,4H3;1-2H3;1-2H2/b8-6-;;. The number of unbranched alkanes of at least 4 members (excludes halogenated alkanes) is 1. The summed E-state index contributed by atoms with van der Waals surface area (Å²) in [5.41, 5.74) is 1.23. The molecule has 0 bridgehead atoms. The molecule has 0 rings (SSSR count). The third-order valence-electron chi connectivity index (χ3n) is 2.21. The normalized spacial score (nSPS) is 10.9. The molecule has 1 atom stereocenters. The van der Waals surface area contributed by atoms with Crippen molar-refractivity contribution in [1.29, 1.82) is 0 Å². The maximum atomic E-state index is 4.01. The van der Waals surface area contributed by atoms with E-state index in [2.05, 4.69) is 51.1 Å². The lowest BCUT2D eigenvalue weighted by atomic mass is 10.0. The maximum Gasteiger partial charge on any atom is -0.00200 e. The predicted octanol–water partition coefficient (Wildman–Crippen LogP) is 5.36. The molecule has 1 N–H and O–H groups in total. The van der Waals surface area contributed by atoms with E-state index in [0.717, 1.165) is 19.5 Å². The molecule has 0 aliphatic heterocycles. The molecule has 0 heterocycles. The maximum absolute atomic E-state index is 4.01. The minimum Gasteiger partial charge on any atom is -0.316 e. The average molecular weight is 253 g/mol. The summed E-state index contributed by atoms with van der Waals surface area (Å²) >= 11 is 0. The van der Waals surface area contributed by atoms with Gasteiger partial charge >= 0.3 is 0 Å². The second-order valence-corrected chi connectivity index (χ2v) is 4.03. The fraction of sp³-hybridized carbons (Fsp3) is 0.647. The molecule has 0 amide bonds. The fourth-order valence-corrected chi connectivity index (χ4v) is 1.47. The molecule has 0 saturated carbocycles. The van der Waals surface area contributed by atoms with Crippen LogP contribution in [0.3, 0.4) is 0 Å². The van der Waals surface area contributed by atoms with E-state index in [4.69, 9.17) is 0 Å². The summed E-state index contributed by atoms with van der Waals surface area (Å²) in [5, 5.41) is 3.47. The Morgan fingerprint density at radius 1 is 1.28 bits per heavy atom. The molecule has 1 unspecified atom stereocenters. The van der Waals surface area contributed by atoms with Crippen LogP contribution in [0, 0.1) is 5.92 Å². The molecular formula is C17H35N. The van der Waals surface area contributed by atoms with Crippen molar-refractivity contribution in [2.24, 2.45) is 5.92 Å². The Bertz CT molecular complexity index is 182. The minimum absolute atomic E-state index is 0.690. The van der Waals surface area contributed by atoms with Crippen molar-refractivity contribution in [1.82, 2.24) is 5.32 Å². The van der Waals surface area contributed by atoms with Gasteiger partial charge in [0.05, 0.1) is 0 Å². The molecule has 1 heteroatoms. The average Bonchev–Trinajstić information content (AvgIpc) is 2.40. The SMILES string of the molecule is C=C.C=C(/C=C\C)CC(C)CNCCCC.CC. The van der Waals surface area contributed by atoms with Crippen molar-refractivity contribution in [2.75, 3.05) is 13.1 Å². The second-order valence-electron chi connectivity index (χ2n) is 4.03. The lowest BCUT2D eigenvalue weighted by Gasteiger charge is -2.12. The van der Waals surface area contributed by atoms with Crippen LogP contribution < -0.4 is 5.32 Å². The van der Waals surface area contributed by atoms with Crippen LogP contribution in [0.4, 0.5) is 0 Å². The Kier molecular flexibility index (Phi) is 26.7. The summed E-state index contributed by atoms with van der Waals surface area (Å²) in [6.45, 7) is 22.8. The first-order chi connectivity index (χ1) is 8.70. The Hall–Kier alpha value is -0.820. The van der Waals surface area contributed by atoms with E-state index < -0.39 is 0 Å². The van der Waals surface area contributed by atoms with Gasteiger partial charge in [0, 0.05) is 0 Å². The van der Waals surface area contributed by atoms with Gasteiger partial charge in [-0.2, -0.15) is 0 Å². The van der Waals surface area contributed by atoms with Gasteiger partial charge in [-0.1, -0.05) is 58.4 Å². The van der Waals surface area contributed by atoms with E-state index in [1.54, 1.807) is 0 Å². The Balaban J connectivity index is -0.000000506. The van der Waals surface area contributed by atoms with Crippen LogP contribution in [0.25, 0.3) is 0 Å². The van der Waals surface area contributed by atoms with Crippen molar-refractivity contribution in [3.05, 3.63) is 37.5 Å². The van der Waals surface area contributed by atoms with Crippen molar-refractivity contribution < 1.29 is 0 Å². The highest BCUT2D eigenvalue weighted by atomic mass is 14.8. The first-order valence-corrected chi connectivity index (χ1v) is 7.21. The Morgan fingerprint density at radius 2 is 1.83 bits per heavy atom. The molecule has 0 saturated heterocycles. The van der Waals surface area contributed by atoms with E-state index in [9.17, 15) is 0 Å². The first kappa shape index (κ1) is 22.4. The van der Waals surface area contributed by atoms with Gasteiger partial charge in [-0.25, -0.2) is 0 Å². The Labute approximate surface area is 116 Å². The van der Waals surface area contributed by atoms with E-state index in [-0.39, 0.29) is 0 Å². The molecule has 1 nitrogen and oxygen atoms in total. The summed E-state index contributed by atoms with van der Waals surface area (Å²) in [6.07, 6.45) is 7.81. The van der Waals surface area contributed by atoms with Gasteiger partial charge in [-0.3, -0.25) is 0 Å². The third kappa shape index (κ3) is 20.6. The topological polar surface area (TPSA) is 12.0 Å². The van der Waals surface area contributed by atoms with Crippen molar-refractivity contribution in [3.63, 3.8) is 0 Å². The summed E-state index contributed by atoms with van der Waals surface area (Å²) in [6, 6.07) is 0. The van der Waals surface area contributed by atoms with Gasteiger partial charge in [-0.15, -0.1) is 13.2 Å². The smallest absolute Gasteiger partial charge is 0.00200 e. The van der Waals surface area contributed by atoms with Crippen LogP contribution in [0.1, 0.15) is 53.9 Å². The molecule has 0 radical (unpaired) electrons. The van der Waals surface area contributed by atoms with Crippen molar-refractivity contribution in [2.45, 2.75) is 53.9 Å². The summed E-state index contributed by atoms with van der Waals surface area (Å²) in [5.74, 6) is 0.690. The number of hydrogen-bond donors (Lipinski definition) is 1. The van der Waals surface area contributed by atoms with Crippen LogP contribution in [-0.4, -0.2) is 13.1 Å². The van der Waals surface area contributed by atoms with E-state index in [1.807, 2.05) is 20.8 Å². The molecule has 0 aromatic rings. The quantitative estimate of drug-likeness (QED) is 0.349. The van der Waals surface area contributed by atoms with Gasteiger partial charge in [0.2, 0.25) is 0 Å². The summed E-state index contributed by atoms with van der Waals surface area (Å²) in [7, 11) is 0. The van der Waals surface area contributed by atoms with Crippen molar-refractivity contribution in [3.8, 4) is 0 Å². The zero-order valence-corrected chi connectivity index (χ0v) is 13.4. The fourth-order valence-electron chi connectivity index (χ4n) is 1.47. The third-order valence-corrected chi connectivity index (χ3v) is 2.21. The highest BCUT2D eigenvalue weighted by molar-refractivity contribution is 5.13. The zero-order chi connectivity index (χ0) is 14.8. The van der Waals surface area contributed by atoms with Crippen LogP contribution in [0.2, 0.25) is 0 Å². The van der Waals surface area contributed by atoms with Gasteiger partial charge in [0.25, 0.3) is 0 Å². The summed E-state index contributed by atoms with van der Waals surface area (Å²) < 4.78 is 0. The summed E-state index contributed by atoms with van der Waals surface area (Å²) in [4.78, 5) is 0. The zero-order valence-electron chi connectivity index (χ0n) is 13.4. The number of allylic oxidation sites excluding steroid dienone is 3. The number of nitrogens with one attached hydrogen (secondary N) is 1. The highest BCUT2D eigenvalue weighted by Crippen LogP contribution is 2.09. The van der Waals surface area contributed by atoms with Gasteiger partial charge < -0.3 is 5.32 Å². The van der Waals surface area contributed by atoms with Gasteiger partial charge in [-0.05, 0) is 38.8 Å². The molecule has 0 aliphatic rings. The van der Waals surface area contributed by atoms with Gasteiger partial charge in [0.15, 0.2) is 0 Å². The first-order valence-electron chi connectivity index (χ1n) is 7.21. The molecule has 0 aromatic carbocycles. The monoisotopic (exact) mass is 253 g/mol. The molecule has 0 aliphatic carbocycles. The van der Waals surface area contributed by atoms with Gasteiger partial charge in [0.1, 0.15) is 0 Å². The number of hydrogen-bond acceptors (Lipinski definition) is 1. The van der Waals surface area contributed by atoms with Crippen LogP contribution in [0.5, 0.6) is 0 Å². The Morgan fingerprint density at radius 3 is 2.28 bits per heavy atom. The van der Waals surface area contributed by atoms with Crippen molar-refractivity contribution >= 4 is 0 Å². The lowest BCUT2D eigenvalue weighted by molar-refractivity contribution is 0.506. The van der Waals surface area contributed by atoms with E-state index in [0.29, 0.717) is 5.92 Å². The van der Waals surface area contributed by atoms with Crippen LogP contribution in [-0.2, 0) is 0 Å². The molecule has 0 aromatic heterocycles. The minimum atomic E-state index is 0.690. The largest absolute Gasteiger partial charge is 0.316 e. The highest BCUT2D eigenvalue weighted by Gasteiger charge is 2.01. The molecule has 108 valence electrons. The second kappa shape index (κ2) is 21.5. The van der Waals surface area contributed by atoms with Crippen LogP contribution >= 0.6 is 0 Å². The van der Waals surface area contributed by atoms with Crippen LogP contribution in [0.15, 0.2) is 37.5 Å². The molecule has 18 heavy (non-hydrogen) atoms. The van der Waals surface area contributed by atoms with E-state index >= 15 is 0 Å². The molecule has 0 fully saturated rings. The molecular weight excluding hydrogens is 218 g/mol. The van der Waals surface area contributed by atoms with E-state index in [1.165, 1.54) is 18.4 Å². The predicted molar refractivity (Wildman–Crippen MR) is 88.1 cm³/mol. The number of rotatable bonds is 8. The lowest BCUT2D eigenvalue weighted by Crippen LogP contribution is -2.22. The molecule has 0 spiro atoms.